The maximum atomic E-state index is 10.0. The fraction of sp³-hybridized carbons (Fsp3) is 0.833. The van der Waals surface area contributed by atoms with Gasteiger partial charge in [0, 0.05) is 6.54 Å². The van der Waals surface area contributed by atoms with Gasteiger partial charge in [-0.2, -0.15) is 0 Å². The first-order valence-electron chi connectivity index (χ1n) is 3.45. The van der Waals surface area contributed by atoms with Gasteiger partial charge in [-0.05, 0) is 0 Å². The number of carbonyl (C=O) groups is 1. The van der Waals surface area contributed by atoms with Crippen LogP contribution in [0.3, 0.4) is 0 Å². The molecule has 1 heterocycles. The SMILES string of the molecule is O=C(O)NCC1COCCO1. The fourth-order valence-corrected chi connectivity index (χ4v) is 0.856. The molecule has 1 amide bonds. The zero-order valence-corrected chi connectivity index (χ0v) is 6.08. The summed E-state index contributed by atoms with van der Waals surface area (Å²) >= 11 is 0. The quantitative estimate of drug-likeness (QED) is 0.582. The van der Waals surface area contributed by atoms with Crippen molar-refractivity contribution >= 4 is 6.09 Å². The first-order valence-corrected chi connectivity index (χ1v) is 3.45. The first-order chi connectivity index (χ1) is 5.29. The fourth-order valence-electron chi connectivity index (χ4n) is 0.856. The summed E-state index contributed by atoms with van der Waals surface area (Å²) in [5.41, 5.74) is 0. The van der Waals surface area contributed by atoms with Crippen molar-refractivity contribution in [3.63, 3.8) is 0 Å². The van der Waals surface area contributed by atoms with Gasteiger partial charge in [0.05, 0.1) is 25.9 Å². The molecule has 1 atom stereocenters. The van der Waals surface area contributed by atoms with Gasteiger partial charge in [0.2, 0.25) is 0 Å². The molecule has 0 radical (unpaired) electrons. The molecule has 1 aliphatic heterocycles. The van der Waals surface area contributed by atoms with Crippen LogP contribution in [0.25, 0.3) is 0 Å². The van der Waals surface area contributed by atoms with Gasteiger partial charge in [0.1, 0.15) is 0 Å². The molecule has 1 rings (SSSR count). The van der Waals surface area contributed by atoms with Crippen molar-refractivity contribution < 1.29 is 19.4 Å². The second kappa shape index (κ2) is 4.15. The van der Waals surface area contributed by atoms with E-state index in [0.29, 0.717) is 26.4 Å². The molecule has 1 aliphatic rings. The second-order valence-corrected chi connectivity index (χ2v) is 2.25. The number of nitrogens with one attached hydrogen (secondary N) is 1. The predicted molar refractivity (Wildman–Crippen MR) is 36.6 cm³/mol. The molecule has 0 aromatic heterocycles. The van der Waals surface area contributed by atoms with Crippen LogP contribution < -0.4 is 5.32 Å². The molecule has 0 aromatic rings. The molecular formula is C6H11NO4. The third kappa shape index (κ3) is 3.20. The Kier molecular flexibility index (Phi) is 3.13. The maximum Gasteiger partial charge on any atom is 0.404 e. The van der Waals surface area contributed by atoms with Gasteiger partial charge in [0.15, 0.2) is 0 Å². The van der Waals surface area contributed by atoms with Crippen LogP contribution in [0.2, 0.25) is 0 Å². The highest BCUT2D eigenvalue weighted by atomic mass is 16.6. The molecule has 1 saturated heterocycles. The summed E-state index contributed by atoms with van der Waals surface area (Å²) in [6.07, 6.45) is -1.15. The van der Waals surface area contributed by atoms with Crippen LogP contribution in [0.15, 0.2) is 0 Å². The smallest absolute Gasteiger partial charge is 0.404 e. The maximum absolute atomic E-state index is 10.0. The van der Waals surface area contributed by atoms with Crippen molar-refractivity contribution in [1.82, 2.24) is 5.32 Å². The molecule has 2 N–H and O–H groups in total. The highest BCUT2D eigenvalue weighted by Gasteiger charge is 2.14. The second-order valence-electron chi connectivity index (χ2n) is 2.25. The van der Waals surface area contributed by atoms with E-state index in [9.17, 15) is 4.79 Å². The number of carboxylic acid groups (broad SMARTS) is 1. The van der Waals surface area contributed by atoms with Crippen LogP contribution in [0.1, 0.15) is 0 Å². The third-order valence-electron chi connectivity index (χ3n) is 1.37. The van der Waals surface area contributed by atoms with Crippen LogP contribution >= 0.6 is 0 Å². The molecule has 11 heavy (non-hydrogen) atoms. The lowest BCUT2D eigenvalue weighted by Crippen LogP contribution is -2.39. The summed E-state index contributed by atoms with van der Waals surface area (Å²) in [6, 6.07) is 0. The molecule has 0 bridgehead atoms. The Bertz CT molecular complexity index is 133. The van der Waals surface area contributed by atoms with Gasteiger partial charge >= 0.3 is 6.09 Å². The highest BCUT2D eigenvalue weighted by molar-refractivity contribution is 5.64. The average Bonchev–Trinajstić information content (AvgIpc) is 2.03. The van der Waals surface area contributed by atoms with Crippen molar-refractivity contribution in [3.05, 3.63) is 0 Å². The van der Waals surface area contributed by atoms with Crippen LogP contribution in [0, 0.1) is 0 Å². The Morgan fingerprint density at radius 3 is 3.00 bits per heavy atom. The first kappa shape index (κ1) is 8.29. The Morgan fingerprint density at radius 1 is 1.64 bits per heavy atom. The average molecular weight is 161 g/mol. The molecule has 0 saturated carbocycles. The van der Waals surface area contributed by atoms with Crippen molar-refractivity contribution in [1.29, 1.82) is 0 Å². The molecule has 0 aliphatic carbocycles. The molecule has 0 spiro atoms. The van der Waals surface area contributed by atoms with E-state index in [2.05, 4.69) is 5.32 Å². The lowest BCUT2D eigenvalue weighted by Gasteiger charge is -2.22. The third-order valence-corrected chi connectivity index (χ3v) is 1.37. The number of amides is 1. The summed E-state index contributed by atoms with van der Waals surface area (Å²) < 4.78 is 10.2. The number of hydrogen-bond acceptors (Lipinski definition) is 3. The Morgan fingerprint density at radius 2 is 2.45 bits per heavy atom. The van der Waals surface area contributed by atoms with Crippen molar-refractivity contribution in [3.8, 4) is 0 Å². The number of ether oxygens (including phenoxy) is 2. The summed E-state index contributed by atoms with van der Waals surface area (Å²) in [5, 5.41) is 10.5. The van der Waals surface area contributed by atoms with Crippen LogP contribution in [-0.2, 0) is 9.47 Å². The largest absolute Gasteiger partial charge is 0.465 e. The minimum atomic E-state index is -1.03. The molecular weight excluding hydrogens is 150 g/mol. The van der Waals surface area contributed by atoms with Gasteiger partial charge < -0.3 is 19.9 Å². The number of rotatable bonds is 2. The van der Waals surface area contributed by atoms with E-state index in [1.165, 1.54) is 0 Å². The zero-order valence-electron chi connectivity index (χ0n) is 6.08. The highest BCUT2D eigenvalue weighted by Crippen LogP contribution is 1.98. The van der Waals surface area contributed by atoms with E-state index < -0.39 is 6.09 Å². The van der Waals surface area contributed by atoms with E-state index in [0.717, 1.165) is 0 Å². The molecule has 0 aromatic carbocycles. The van der Waals surface area contributed by atoms with Gasteiger partial charge in [0.25, 0.3) is 0 Å². The summed E-state index contributed by atoms with van der Waals surface area (Å²) in [6.45, 7) is 1.92. The van der Waals surface area contributed by atoms with E-state index in [-0.39, 0.29) is 6.10 Å². The molecule has 5 nitrogen and oxygen atoms in total. The predicted octanol–water partition coefficient (Wildman–Crippen LogP) is -0.331. The Hall–Kier alpha value is -0.810. The van der Waals surface area contributed by atoms with Gasteiger partial charge in [-0.25, -0.2) is 4.79 Å². The van der Waals surface area contributed by atoms with Gasteiger partial charge in [-0.3, -0.25) is 0 Å². The summed E-state index contributed by atoms with van der Waals surface area (Å²) in [5.74, 6) is 0. The minimum Gasteiger partial charge on any atom is -0.465 e. The van der Waals surface area contributed by atoms with Gasteiger partial charge in [-0.1, -0.05) is 0 Å². The zero-order chi connectivity index (χ0) is 8.10. The topological polar surface area (TPSA) is 67.8 Å². The van der Waals surface area contributed by atoms with Gasteiger partial charge in [-0.15, -0.1) is 0 Å². The summed E-state index contributed by atoms with van der Waals surface area (Å²) in [7, 11) is 0. The minimum absolute atomic E-state index is 0.125. The molecule has 1 fully saturated rings. The normalized spacial score (nSPS) is 24.5. The Labute approximate surface area is 64.3 Å². The molecule has 64 valence electrons. The molecule has 5 heteroatoms. The lowest BCUT2D eigenvalue weighted by molar-refractivity contribution is -0.0857. The van der Waals surface area contributed by atoms with Crippen molar-refractivity contribution in [2.24, 2.45) is 0 Å². The van der Waals surface area contributed by atoms with Crippen LogP contribution in [-0.4, -0.2) is 43.7 Å². The van der Waals surface area contributed by atoms with Crippen molar-refractivity contribution in [2.75, 3.05) is 26.4 Å². The van der Waals surface area contributed by atoms with Crippen LogP contribution in [0.4, 0.5) is 4.79 Å². The van der Waals surface area contributed by atoms with E-state index in [4.69, 9.17) is 14.6 Å². The van der Waals surface area contributed by atoms with E-state index >= 15 is 0 Å². The van der Waals surface area contributed by atoms with E-state index in [1.807, 2.05) is 0 Å². The lowest BCUT2D eigenvalue weighted by atomic mass is 10.3. The van der Waals surface area contributed by atoms with Crippen molar-refractivity contribution in [2.45, 2.75) is 6.10 Å². The van der Waals surface area contributed by atoms with Crippen LogP contribution in [0.5, 0.6) is 0 Å². The van der Waals surface area contributed by atoms with E-state index in [1.54, 1.807) is 0 Å². The monoisotopic (exact) mass is 161 g/mol. The standard InChI is InChI=1S/C6H11NO4/c8-6(9)7-3-5-4-10-1-2-11-5/h5,7H,1-4H2,(H,8,9). The summed E-state index contributed by atoms with van der Waals surface area (Å²) in [4.78, 5) is 10.0. The number of hydrogen-bond donors (Lipinski definition) is 2. The Balaban J connectivity index is 2.09. The molecule has 1 unspecified atom stereocenters.